The lowest BCUT2D eigenvalue weighted by Gasteiger charge is -2.37. The fraction of sp³-hybridized carbons (Fsp3) is 0.900. The highest BCUT2D eigenvalue weighted by atomic mass is 16.3. The van der Waals surface area contributed by atoms with Crippen LogP contribution in [0.2, 0.25) is 0 Å². The molecule has 0 aliphatic heterocycles. The summed E-state index contributed by atoms with van der Waals surface area (Å²) < 4.78 is 0. The van der Waals surface area contributed by atoms with Crippen LogP contribution in [0.15, 0.2) is 0 Å². The minimum atomic E-state index is -0.266. The van der Waals surface area contributed by atoms with E-state index in [1.54, 1.807) is 0 Å². The summed E-state index contributed by atoms with van der Waals surface area (Å²) in [5.74, 6) is -0.0342. The van der Waals surface area contributed by atoms with E-state index < -0.39 is 0 Å². The van der Waals surface area contributed by atoms with Crippen molar-refractivity contribution in [1.82, 2.24) is 5.32 Å². The standard InChI is InChI=1S/C10H20N2O2/c1-2-8(7-13)12-9(14)6-10(11)4-3-5-10/h8,13H,2-7,11H2,1H3,(H,12,14)/t8-/m0/s1. The highest BCUT2D eigenvalue weighted by molar-refractivity contribution is 5.77. The van der Waals surface area contributed by atoms with Gasteiger partial charge in [-0.2, -0.15) is 0 Å². The summed E-state index contributed by atoms with van der Waals surface area (Å²) in [6.07, 6.45) is 4.15. The van der Waals surface area contributed by atoms with Gasteiger partial charge in [-0.25, -0.2) is 0 Å². The highest BCUT2D eigenvalue weighted by Crippen LogP contribution is 2.31. The van der Waals surface area contributed by atoms with Crippen molar-refractivity contribution in [3.63, 3.8) is 0 Å². The number of hydrogen-bond acceptors (Lipinski definition) is 3. The SMILES string of the molecule is CC[C@@H](CO)NC(=O)CC1(N)CCC1. The molecule has 1 aliphatic carbocycles. The van der Waals surface area contributed by atoms with Crippen molar-refractivity contribution in [3.8, 4) is 0 Å². The molecule has 0 saturated heterocycles. The van der Waals surface area contributed by atoms with Crippen LogP contribution >= 0.6 is 0 Å². The molecular formula is C10H20N2O2. The molecule has 0 aromatic heterocycles. The van der Waals surface area contributed by atoms with Crippen molar-refractivity contribution >= 4 is 5.91 Å². The van der Waals surface area contributed by atoms with Gasteiger partial charge in [0.2, 0.25) is 5.91 Å². The van der Waals surface area contributed by atoms with Crippen molar-refractivity contribution in [3.05, 3.63) is 0 Å². The Morgan fingerprint density at radius 1 is 1.64 bits per heavy atom. The van der Waals surface area contributed by atoms with Gasteiger partial charge in [-0.1, -0.05) is 6.92 Å². The first kappa shape index (κ1) is 11.5. The maximum atomic E-state index is 11.5. The smallest absolute Gasteiger partial charge is 0.222 e. The Balaban J connectivity index is 2.27. The molecule has 0 radical (unpaired) electrons. The van der Waals surface area contributed by atoms with Gasteiger partial charge in [0.15, 0.2) is 0 Å². The van der Waals surface area contributed by atoms with Crippen LogP contribution in [0, 0.1) is 0 Å². The number of rotatable bonds is 5. The summed E-state index contributed by atoms with van der Waals surface area (Å²) in [6, 6.07) is -0.119. The summed E-state index contributed by atoms with van der Waals surface area (Å²) in [4.78, 5) is 11.5. The number of carbonyl (C=O) groups excluding carboxylic acids is 1. The fourth-order valence-electron chi connectivity index (χ4n) is 1.68. The van der Waals surface area contributed by atoms with E-state index in [-0.39, 0.29) is 24.1 Å². The number of carbonyl (C=O) groups is 1. The Morgan fingerprint density at radius 2 is 2.29 bits per heavy atom. The second kappa shape index (κ2) is 4.75. The summed E-state index contributed by atoms with van der Waals surface area (Å²) in [6.45, 7) is 1.93. The van der Waals surface area contributed by atoms with Gasteiger partial charge in [-0.3, -0.25) is 4.79 Å². The minimum Gasteiger partial charge on any atom is -0.394 e. The van der Waals surface area contributed by atoms with E-state index in [4.69, 9.17) is 10.8 Å². The molecule has 4 heteroatoms. The zero-order valence-corrected chi connectivity index (χ0v) is 8.75. The number of aliphatic hydroxyl groups excluding tert-OH is 1. The van der Waals surface area contributed by atoms with Gasteiger partial charge in [0.1, 0.15) is 0 Å². The predicted molar refractivity (Wildman–Crippen MR) is 54.7 cm³/mol. The molecule has 1 amide bonds. The Bertz CT molecular complexity index is 198. The fourth-order valence-corrected chi connectivity index (χ4v) is 1.68. The predicted octanol–water partition coefficient (Wildman–Crippen LogP) is 0.145. The average molecular weight is 200 g/mol. The van der Waals surface area contributed by atoms with Gasteiger partial charge in [0.05, 0.1) is 12.6 Å². The Morgan fingerprint density at radius 3 is 2.64 bits per heavy atom. The molecule has 4 nitrogen and oxygen atoms in total. The Hall–Kier alpha value is -0.610. The molecule has 0 aromatic rings. The van der Waals surface area contributed by atoms with Crippen LogP contribution in [0.5, 0.6) is 0 Å². The number of nitrogens with two attached hydrogens (primary N) is 1. The monoisotopic (exact) mass is 200 g/mol. The van der Waals surface area contributed by atoms with Crippen LogP contribution in [-0.2, 0) is 4.79 Å². The van der Waals surface area contributed by atoms with Gasteiger partial charge >= 0.3 is 0 Å². The maximum absolute atomic E-state index is 11.5. The third-order valence-corrected chi connectivity index (χ3v) is 2.94. The topological polar surface area (TPSA) is 75.3 Å². The zero-order valence-electron chi connectivity index (χ0n) is 8.75. The lowest BCUT2D eigenvalue weighted by Crippen LogP contribution is -2.51. The molecule has 1 fully saturated rings. The molecule has 0 bridgehead atoms. The van der Waals surface area contributed by atoms with Crippen LogP contribution in [-0.4, -0.2) is 29.2 Å². The molecule has 4 N–H and O–H groups in total. The summed E-state index contributed by atoms with van der Waals surface area (Å²) in [7, 11) is 0. The van der Waals surface area contributed by atoms with E-state index in [2.05, 4.69) is 5.32 Å². The molecular weight excluding hydrogens is 180 g/mol. The van der Waals surface area contributed by atoms with E-state index in [0.29, 0.717) is 6.42 Å². The molecule has 0 unspecified atom stereocenters. The Labute approximate surface area is 84.9 Å². The van der Waals surface area contributed by atoms with E-state index in [1.807, 2.05) is 6.92 Å². The van der Waals surface area contributed by atoms with Crippen molar-refractivity contribution in [2.75, 3.05) is 6.61 Å². The van der Waals surface area contributed by atoms with Crippen molar-refractivity contribution in [1.29, 1.82) is 0 Å². The number of aliphatic hydroxyl groups is 1. The lowest BCUT2D eigenvalue weighted by atomic mass is 9.75. The van der Waals surface area contributed by atoms with Crippen LogP contribution in [0.25, 0.3) is 0 Å². The minimum absolute atomic E-state index is 0.000187. The number of amides is 1. The zero-order chi connectivity index (χ0) is 10.6. The highest BCUT2D eigenvalue weighted by Gasteiger charge is 2.34. The molecule has 1 rings (SSSR count). The van der Waals surface area contributed by atoms with E-state index >= 15 is 0 Å². The van der Waals surface area contributed by atoms with E-state index in [0.717, 1.165) is 25.7 Å². The third kappa shape index (κ3) is 2.96. The van der Waals surface area contributed by atoms with Gasteiger partial charge in [-0.15, -0.1) is 0 Å². The summed E-state index contributed by atoms with van der Waals surface area (Å²) in [5, 5.41) is 11.7. The average Bonchev–Trinajstić information content (AvgIpc) is 2.11. The maximum Gasteiger partial charge on any atom is 0.222 e. The van der Waals surface area contributed by atoms with Gasteiger partial charge in [-0.05, 0) is 25.7 Å². The largest absolute Gasteiger partial charge is 0.394 e. The quantitative estimate of drug-likeness (QED) is 0.591. The van der Waals surface area contributed by atoms with Crippen molar-refractivity contribution in [2.24, 2.45) is 5.73 Å². The third-order valence-electron chi connectivity index (χ3n) is 2.94. The van der Waals surface area contributed by atoms with Crippen molar-refractivity contribution < 1.29 is 9.90 Å². The molecule has 82 valence electrons. The lowest BCUT2D eigenvalue weighted by molar-refractivity contribution is -0.124. The van der Waals surface area contributed by atoms with Crippen LogP contribution < -0.4 is 11.1 Å². The van der Waals surface area contributed by atoms with Crippen LogP contribution in [0.1, 0.15) is 39.0 Å². The molecule has 1 saturated carbocycles. The van der Waals surface area contributed by atoms with Gasteiger partial charge in [0, 0.05) is 12.0 Å². The molecule has 0 spiro atoms. The van der Waals surface area contributed by atoms with Crippen molar-refractivity contribution in [2.45, 2.75) is 50.6 Å². The first-order valence-electron chi connectivity index (χ1n) is 5.29. The normalized spacial score (nSPS) is 21.1. The number of hydrogen-bond donors (Lipinski definition) is 3. The van der Waals surface area contributed by atoms with Crippen LogP contribution in [0.4, 0.5) is 0 Å². The van der Waals surface area contributed by atoms with E-state index in [9.17, 15) is 4.79 Å². The molecule has 14 heavy (non-hydrogen) atoms. The second-order valence-corrected chi connectivity index (χ2v) is 4.25. The first-order valence-corrected chi connectivity index (χ1v) is 5.29. The van der Waals surface area contributed by atoms with Gasteiger partial charge in [0.25, 0.3) is 0 Å². The number of nitrogens with one attached hydrogen (secondary N) is 1. The second-order valence-electron chi connectivity index (χ2n) is 4.25. The summed E-state index contributed by atoms with van der Waals surface area (Å²) in [5.41, 5.74) is 5.67. The van der Waals surface area contributed by atoms with E-state index in [1.165, 1.54) is 0 Å². The van der Waals surface area contributed by atoms with Gasteiger partial charge < -0.3 is 16.2 Å². The van der Waals surface area contributed by atoms with Crippen LogP contribution in [0.3, 0.4) is 0 Å². The summed E-state index contributed by atoms with van der Waals surface area (Å²) >= 11 is 0. The molecule has 0 heterocycles. The molecule has 0 aromatic carbocycles. The first-order chi connectivity index (χ1) is 6.59. The molecule has 1 atom stereocenters. The molecule has 1 aliphatic rings. The Kier molecular flexibility index (Phi) is 3.89.